The number of rotatable bonds is 5. The van der Waals surface area contributed by atoms with Crippen LogP contribution in [0.15, 0.2) is 6.33 Å². The van der Waals surface area contributed by atoms with Crippen LogP contribution >= 0.6 is 11.3 Å². The monoisotopic (exact) mass is 410 g/mol. The van der Waals surface area contributed by atoms with Gasteiger partial charge in [0.15, 0.2) is 0 Å². The molecule has 1 fully saturated rings. The number of fused-ring (bicyclic) bond motifs is 3. The summed E-state index contributed by atoms with van der Waals surface area (Å²) in [6.45, 7) is 2.25. The molecular weight excluding hydrogens is 386 g/mol. The van der Waals surface area contributed by atoms with Crippen LogP contribution in [0.4, 0.5) is 8.78 Å². The van der Waals surface area contributed by atoms with Crippen molar-refractivity contribution in [3.05, 3.63) is 16.8 Å². The van der Waals surface area contributed by atoms with Gasteiger partial charge >= 0.3 is 11.9 Å². The van der Waals surface area contributed by atoms with Crippen LogP contribution in [-0.2, 0) is 16.0 Å². The van der Waals surface area contributed by atoms with Crippen LogP contribution < -0.4 is 4.74 Å². The number of esters is 1. The Morgan fingerprint density at radius 1 is 1.25 bits per heavy atom. The SMILES string of the molecule is COC(=O)C(F)(F)CC1CCc2sc3ncnc(OC4CCC(C)CC4)c3c21. The number of hydrogen-bond acceptors (Lipinski definition) is 6. The molecule has 2 aromatic heterocycles. The number of halogens is 2. The Kier molecular flexibility index (Phi) is 5.24. The lowest BCUT2D eigenvalue weighted by atomic mass is 9.89. The van der Waals surface area contributed by atoms with Gasteiger partial charge in [0, 0.05) is 11.3 Å². The fraction of sp³-hybridized carbons (Fsp3) is 0.650. The fourth-order valence-electron chi connectivity index (χ4n) is 4.38. The third-order valence-electron chi connectivity index (χ3n) is 5.92. The highest BCUT2D eigenvalue weighted by molar-refractivity contribution is 7.19. The third-order valence-corrected chi connectivity index (χ3v) is 7.10. The predicted molar refractivity (Wildman–Crippen MR) is 102 cm³/mol. The van der Waals surface area contributed by atoms with Gasteiger partial charge in [-0.1, -0.05) is 6.92 Å². The van der Waals surface area contributed by atoms with E-state index in [4.69, 9.17) is 4.74 Å². The van der Waals surface area contributed by atoms with E-state index in [1.807, 2.05) is 0 Å². The lowest BCUT2D eigenvalue weighted by Crippen LogP contribution is -2.31. The van der Waals surface area contributed by atoms with Crippen LogP contribution in [0.3, 0.4) is 0 Å². The molecule has 0 aromatic carbocycles. The molecule has 1 atom stereocenters. The van der Waals surface area contributed by atoms with Crippen LogP contribution in [0.2, 0.25) is 0 Å². The quantitative estimate of drug-likeness (QED) is 0.658. The van der Waals surface area contributed by atoms with Crippen molar-refractivity contribution >= 4 is 27.5 Å². The molecule has 2 aliphatic rings. The number of hydrogen-bond donors (Lipinski definition) is 0. The first kappa shape index (κ1) is 19.5. The van der Waals surface area contributed by atoms with Crippen molar-refractivity contribution in [1.29, 1.82) is 0 Å². The highest BCUT2D eigenvalue weighted by Crippen LogP contribution is 2.49. The number of ether oxygens (including phenoxy) is 2. The van der Waals surface area contributed by atoms with Crippen molar-refractivity contribution in [2.45, 2.75) is 69.8 Å². The molecule has 1 unspecified atom stereocenters. The maximum atomic E-state index is 14.2. The Morgan fingerprint density at radius 2 is 2.00 bits per heavy atom. The maximum absolute atomic E-state index is 14.2. The normalized spacial score (nSPS) is 24.9. The van der Waals surface area contributed by atoms with Crippen LogP contribution in [0.25, 0.3) is 10.2 Å². The topological polar surface area (TPSA) is 61.3 Å². The number of nitrogens with zero attached hydrogens (tertiary/aromatic N) is 2. The average molecular weight is 410 g/mol. The van der Waals surface area contributed by atoms with Gasteiger partial charge < -0.3 is 9.47 Å². The second kappa shape index (κ2) is 7.54. The van der Waals surface area contributed by atoms with Crippen LogP contribution in [-0.4, -0.2) is 35.1 Å². The molecule has 0 spiro atoms. The number of alkyl halides is 2. The van der Waals surface area contributed by atoms with Crippen molar-refractivity contribution in [2.24, 2.45) is 5.92 Å². The maximum Gasteiger partial charge on any atom is 0.376 e. The molecule has 2 aliphatic carbocycles. The molecule has 152 valence electrons. The van der Waals surface area contributed by atoms with Crippen molar-refractivity contribution in [2.75, 3.05) is 7.11 Å². The molecule has 0 saturated heterocycles. The summed E-state index contributed by atoms with van der Waals surface area (Å²) in [6, 6.07) is 0. The number of carbonyl (C=O) groups is 1. The number of methoxy groups -OCH3 is 1. The number of thiophene rings is 1. The minimum Gasteiger partial charge on any atom is -0.474 e. The zero-order valence-corrected chi connectivity index (χ0v) is 16.9. The largest absolute Gasteiger partial charge is 0.474 e. The van der Waals surface area contributed by atoms with Gasteiger partial charge in [-0.05, 0) is 55.9 Å². The van der Waals surface area contributed by atoms with E-state index >= 15 is 0 Å². The Balaban J connectivity index is 1.64. The summed E-state index contributed by atoms with van der Waals surface area (Å²) in [5.41, 5.74) is 0.836. The zero-order chi connectivity index (χ0) is 19.9. The summed E-state index contributed by atoms with van der Waals surface area (Å²) in [6.07, 6.45) is 6.49. The Bertz CT molecular complexity index is 878. The summed E-state index contributed by atoms with van der Waals surface area (Å²) >= 11 is 1.51. The summed E-state index contributed by atoms with van der Waals surface area (Å²) in [5, 5.41) is 0.754. The highest BCUT2D eigenvalue weighted by Gasteiger charge is 2.45. The molecule has 8 heteroatoms. The smallest absolute Gasteiger partial charge is 0.376 e. The molecule has 28 heavy (non-hydrogen) atoms. The van der Waals surface area contributed by atoms with Gasteiger partial charge in [-0.3, -0.25) is 0 Å². The van der Waals surface area contributed by atoms with Crippen LogP contribution in [0, 0.1) is 5.92 Å². The van der Waals surface area contributed by atoms with Gasteiger partial charge in [-0.25, -0.2) is 14.8 Å². The van der Waals surface area contributed by atoms with E-state index in [0.717, 1.165) is 53.5 Å². The van der Waals surface area contributed by atoms with E-state index in [1.54, 1.807) is 0 Å². The van der Waals surface area contributed by atoms with Crippen molar-refractivity contribution in [3.63, 3.8) is 0 Å². The van der Waals surface area contributed by atoms with Gasteiger partial charge in [0.2, 0.25) is 5.88 Å². The lowest BCUT2D eigenvalue weighted by Gasteiger charge is -2.26. The van der Waals surface area contributed by atoms with E-state index in [2.05, 4.69) is 21.6 Å². The molecule has 0 bridgehead atoms. The van der Waals surface area contributed by atoms with Gasteiger partial charge in [-0.15, -0.1) is 11.3 Å². The highest BCUT2D eigenvalue weighted by atomic mass is 32.1. The minimum atomic E-state index is -3.51. The Morgan fingerprint density at radius 3 is 2.71 bits per heavy atom. The van der Waals surface area contributed by atoms with Crippen molar-refractivity contribution in [3.8, 4) is 5.88 Å². The molecular formula is C20H24F2N2O3S. The standard InChI is InChI=1S/C20H24F2N2O3S/c1-11-3-6-13(7-4-11)27-17-16-15-12(9-20(21,22)19(25)26-2)5-8-14(15)28-18(16)24-10-23-17/h10-13H,3-9H2,1-2H3. The fourth-order valence-corrected chi connectivity index (χ4v) is 5.61. The number of carbonyl (C=O) groups excluding carboxylic acids is 1. The summed E-state index contributed by atoms with van der Waals surface area (Å²) < 4.78 is 39.0. The molecule has 1 saturated carbocycles. The van der Waals surface area contributed by atoms with E-state index in [1.165, 1.54) is 17.7 Å². The second-order valence-electron chi connectivity index (χ2n) is 7.93. The molecule has 0 amide bonds. The summed E-state index contributed by atoms with van der Waals surface area (Å²) in [5.74, 6) is -4.22. The van der Waals surface area contributed by atoms with Gasteiger partial charge in [0.25, 0.3) is 0 Å². The minimum absolute atomic E-state index is 0.0983. The van der Waals surface area contributed by atoms with E-state index in [0.29, 0.717) is 24.6 Å². The van der Waals surface area contributed by atoms with Crippen molar-refractivity contribution < 1.29 is 23.0 Å². The summed E-state index contributed by atoms with van der Waals surface area (Å²) in [4.78, 5) is 22.0. The first-order chi connectivity index (χ1) is 13.4. The zero-order valence-electron chi connectivity index (χ0n) is 16.0. The van der Waals surface area contributed by atoms with Gasteiger partial charge in [-0.2, -0.15) is 8.78 Å². The van der Waals surface area contributed by atoms with E-state index in [9.17, 15) is 13.6 Å². The molecule has 4 rings (SSSR count). The van der Waals surface area contributed by atoms with Gasteiger partial charge in [0.05, 0.1) is 12.5 Å². The Labute approximate surface area is 166 Å². The Hall–Kier alpha value is -1.83. The van der Waals surface area contributed by atoms with Crippen LogP contribution in [0.5, 0.6) is 5.88 Å². The number of aryl methyl sites for hydroxylation is 1. The third kappa shape index (κ3) is 3.58. The van der Waals surface area contributed by atoms with Crippen molar-refractivity contribution in [1.82, 2.24) is 9.97 Å². The molecule has 0 N–H and O–H groups in total. The predicted octanol–water partition coefficient (Wildman–Crippen LogP) is 4.88. The molecule has 2 heterocycles. The molecule has 5 nitrogen and oxygen atoms in total. The van der Waals surface area contributed by atoms with Crippen LogP contribution in [0.1, 0.15) is 61.8 Å². The molecule has 2 aromatic rings. The molecule has 0 radical (unpaired) electrons. The van der Waals surface area contributed by atoms with E-state index < -0.39 is 24.2 Å². The molecule has 0 aliphatic heterocycles. The second-order valence-corrected chi connectivity index (χ2v) is 9.02. The van der Waals surface area contributed by atoms with E-state index in [-0.39, 0.29) is 6.10 Å². The van der Waals surface area contributed by atoms with Gasteiger partial charge in [0.1, 0.15) is 17.3 Å². The first-order valence-electron chi connectivity index (χ1n) is 9.78. The summed E-state index contributed by atoms with van der Waals surface area (Å²) in [7, 11) is 0.987. The number of aromatic nitrogens is 2. The lowest BCUT2D eigenvalue weighted by molar-refractivity contribution is -0.170. The average Bonchev–Trinajstić information content (AvgIpc) is 3.22. The first-order valence-corrected chi connectivity index (χ1v) is 10.6.